The lowest BCUT2D eigenvalue weighted by Crippen LogP contribution is -2.22. The van der Waals surface area contributed by atoms with Gasteiger partial charge in [-0.25, -0.2) is 0 Å². The average Bonchev–Trinajstić information content (AvgIpc) is 3.13. The van der Waals surface area contributed by atoms with Crippen LogP contribution in [-0.2, 0) is 11.3 Å². The Balaban J connectivity index is 1.48. The van der Waals surface area contributed by atoms with Crippen molar-refractivity contribution in [3.05, 3.63) is 65.2 Å². The van der Waals surface area contributed by atoms with E-state index in [-0.39, 0.29) is 12.0 Å². The van der Waals surface area contributed by atoms with E-state index in [1.807, 2.05) is 43.3 Å². The Hall–Kier alpha value is -2.33. The number of rotatable bonds is 6. The molecule has 0 saturated carbocycles. The summed E-state index contributed by atoms with van der Waals surface area (Å²) in [6.45, 7) is 3.97. The van der Waals surface area contributed by atoms with Crippen molar-refractivity contribution in [2.75, 3.05) is 13.2 Å². The fraction of sp³-hybridized carbons (Fsp3) is 0.350. The zero-order chi connectivity index (χ0) is 16.8. The second-order valence-electron chi connectivity index (χ2n) is 6.14. The van der Waals surface area contributed by atoms with Gasteiger partial charge in [0.15, 0.2) is 0 Å². The molecule has 0 aliphatic carbocycles. The Kier molecular flexibility index (Phi) is 5.49. The average molecular weight is 325 g/mol. The molecule has 0 radical (unpaired) electrons. The topological polar surface area (TPSA) is 47.6 Å². The molecule has 0 bridgehead atoms. The molecular weight excluding hydrogens is 302 g/mol. The van der Waals surface area contributed by atoms with Gasteiger partial charge in [-0.3, -0.25) is 4.79 Å². The van der Waals surface area contributed by atoms with Crippen LogP contribution in [0.1, 0.15) is 34.3 Å². The van der Waals surface area contributed by atoms with Gasteiger partial charge in [0.05, 0.1) is 6.10 Å². The highest BCUT2D eigenvalue weighted by Gasteiger charge is 2.16. The second kappa shape index (κ2) is 7.97. The predicted molar refractivity (Wildman–Crippen MR) is 93.3 cm³/mol. The molecule has 1 saturated heterocycles. The number of hydrogen-bond donors (Lipinski definition) is 1. The van der Waals surface area contributed by atoms with E-state index in [9.17, 15) is 4.79 Å². The van der Waals surface area contributed by atoms with Gasteiger partial charge in [0, 0.05) is 18.7 Å². The summed E-state index contributed by atoms with van der Waals surface area (Å²) in [5.41, 5.74) is 2.93. The molecule has 0 aromatic heterocycles. The van der Waals surface area contributed by atoms with E-state index in [0.29, 0.717) is 18.7 Å². The van der Waals surface area contributed by atoms with E-state index in [2.05, 4.69) is 5.32 Å². The van der Waals surface area contributed by atoms with Crippen LogP contribution in [0.25, 0.3) is 0 Å². The smallest absolute Gasteiger partial charge is 0.251 e. The first-order valence-corrected chi connectivity index (χ1v) is 8.39. The van der Waals surface area contributed by atoms with E-state index >= 15 is 0 Å². The van der Waals surface area contributed by atoms with E-state index in [1.165, 1.54) is 5.56 Å². The van der Waals surface area contributed by atoms with Crippen molar-refractivity contribution in [3.63, 3.8) is 0 Å². The molecule has 4 nitrogen and oxygen atoms in total. The van der Waals surface area contributed by atoms with Crippen molar-refractivity contribution >= 4 is 5.91 Å². The summed E-state index contributed by atoms with van der Waals surface area (Å²) in [4.78, 5) is 12.2. The lowest BCUT2D eigenvalue weighted by Gasteiger charge is -2.12. The van der Waals surface area contributed by atoms with E-state index in [4.69, 9.17) is 9.47 Å². The number of carbonyl (C=O) groups excluding carboxylic acids is 1. The third-order valence-corrected chi connectivity index (χ3v) is 4.15. The van der Waals surface area contributed by atoms with E-state index in [1.54, 1.807) is 12.1 Å². The summed E-state index contributed by atoms with van der Waals surface area (Å²) in [5.74, 6) is 0.682. The van der Waals surface area contributed by atoms with Crippen LogP contribution in [0, 0.1) is 6.92 Å². The Labute approximate surface area is 142 Å². The van der Waals surface area contributed by atoms with Crippen LogP contribution in [0.4, 0.5) is 0 Å². The van der Waals surface area contributed by atoms with Gasteiger partial charge >= 0.3 is 0 Å². The monoisotopic (exact) mass is 325 g/mol. The Bertz CT molecular complexity index is 658. The number of hydrogen-bond acceptors (Lipinski definition) is 3. The third kappa shape index (κ3) is 4.59. The van der Waals surface area contributed by atoms with Crippen molar-refractivity contribution in [1.82, 2.24) is 5.32 Å². The minimum atomic E-state index is -0.0822. The highest BCUT2D eigenvalue weighted by molar-refractivity contribution is 5.94. The summed E-state index contributed by atoms with van der Waals surface area (Å²) in [7, 11) is 0. The Morgan fingerprint density at radius 3 is 2.58 bits per heavy atom. The number of carbonyl (C=O) groups is 1. The summed E-state index contributed by atoms with van der Waals surface area (Å²) in [6.07, 6.45) is 2.36. The third-order valence-electron chi connectivity index (χ3n) is 4.15. The fourth-order valence-electron chi connectivity index (χ4n) is 2.66. The SMILES string of the molecule is Cc1ccc(CNC(=O)c2ccc(OC[C@H]3CCCO3)cc2)cc1. The zero-order valence-electron chi connectivity index (χ0n) is 14.0. The minimum absolute atomic E-state index is 0.0822. The molecule has 1 fully saturated rings. The van der Waals surface area contributed by atoms with Crippen molar-refractivity contribution in [1.29, 1.82) is 0 Å². The fourth-order valence-corrected chi connectivity index (χ4v) is 2.66. The van der Waals surface area contributed by atoms with Gasteiger partial charge in [-0.2, -0.15) is 0 Å². The van der Waals surface area contributed by atoms with Gasteiger partial charge in [0.1, 0.15) is 12.4 Å². The number of amides is 1. The van der Waals surface area contributed by atoms with Crippen LogP contribution in [0.3, 0.4) is 0 Å². The van der Waals surface area contributed by atoms with Crippen LogP contribution in [0.15, 0.2) is 48.5 Å². The summed E-state index contributed by atoms with van der Waals surface area (Å²) >= 11 is 0. The highest BCUT2D eigenvalue weighted by atomic mass is 16.5. The lowest BCUT2D eigenvalue weighted by molar-refractivity contribution is 0.0679. The van der Waals surface area contributed by atoms with Crippen molar-refractivity contribution in [2.45, 2.75) is 32.4 Å². The molecule has 1 aliphatic heterocycles. The van der Waals surface area contributed by atoms with Gasteiger partial charge < -0.3 is 14.8 Å². The van der Waals surface area contributed by atoms with Gasteiger partial charge in [0.25, 0.3) is 5.91 Å². The minimum Gasteiger partial charge on any atom is -0.491 e. The van der Waals surface area contributed by atoms with Crippen LogP contribution in [-0.4, -0.2) is 25.2 Å². The maximum Gasteiger partial charge on any atom is 0.251 e. The van der Waals surface area contributed by atoms with Gasteiger partial charge in [0.2, 0.25) is 0 Å². The quantitative estimate of drug-likeness (QED) is 0.884. The molecule has 24 heavy (non-hydrogen) atoms. The van der Waals surface area contributed by atoms with Crippen LogP contribution in [0.5, 0.6) is 5.75 Å². The highest BCUT2D eigenvalue weighted by Crippen LogP contribution is 2.16. The predicted octanol–water partition coefficient (Wildman–Crippen LogP) is 3.48. The van der Waals surface area contributed by atoms with Crippen LogP contribution < -0.4 is 10.1 Å². The Morgan fingerprint density at radius 2 is 1.92 bits per heavy atom. The van der Waals surface area contributed by atoms with Crippen molar-refractivity contribution < 1.29 is 14.3 Å². The largest absolute Gasteiger partial charge is 0.491 e. The summed E-state index contributed by atoms with van der Waals surface area (Å²) in [6, 6.07) is 15.4. The summed E-state index contributed by atoms with van der Waals surface area (Å²) < 4.78 is 11.2. The normalized spacial score (nSPS) is 16.8. The van der Waals surface area contributed by atoms with Gasteiger partial charge in [-0.15, -0.1) is 0 Å². The van der Waals surface area contributed by atoms with Crippen LogP contribution >= 0.6 is 0 Å². The first kappa shape index (κ1) is 16.5. The second-order valence-corrected chi connectivity index (χ2v) is 6.14. The van der Waals surface area contributed by atoms with E-state index < -0.39 is 0 Å². The molecule has 1 amide bonds. The molecule has 0 spiro atoms. The number of nitrogens with one attached hydrogen (secondary N) is 1. The molecule has 126 valence electrons. The van der Waals surface area contributed by atoms with Crippen molar-refractivity contribution in [3.8, 4) is 5.75 Å². The molecule has 0 unspecified atom stereocenters. The molecule has 1 heterocycles. The maximum atomic E-state index is 12.2. The molecule has 4 heteroatoms. The first-order valence-electron chi connectivity index (χ1n) is 8.39. The standard InChI is InChI=1S/C20H23NO3/c1-15-4-6-16(7-5-15)13-21-20(22)17-8-10-18(11-9-17)24-14-19-3-2-12-23-19/h4-11,19H,2-3,12-14H2,1H3,(H,21,22)/t19-/m1/s1. The first-order chi connectivity index (χ1) is 11.7. The Morgan fingerprint density at radius 1 is 1.17 bits per heavy atom. The molecular formula is C20H23NO3. The molecule has 1 aliphatic rings. The molecule has 1 N–H and O–H groups in total. The number of ether oxygens (including phenoxy) is 2. The maximum absolute atomic E-state index is 12.2. The molecule has 3 rings (SSSR count). The molecule has 2 aromatic rings. The molecule has 1 atom stereocenters. The van der Waals surface area contributed by atoms with E-state index in [0.717, 1.165) is 30.8 Å². The van der Waals surface area contributed by atoms with Crippen molar-refractivity contribution in [2.24, 2.45) is 0 Å². The lowest BCUT2D eigenvalue weighted by atomic mass is 10.1. The van der Waals surface area contributed by atoms with Crippen LogP contribution in [0.2, 0.25) is 0 Å². The molecule has 2 aromatic carbocycles. The number of benzene rings is 2. The number of aryl methyl sites for hydroxylation is 1. The van der Waals surface area contributed by atoms with Gasteiger partial charge in [-0.1, -0.05) is 29.8 Å². The summed E-state index contributed by atoms with van der Waals surface area (Å²) in [5, 5.41) is 2.93. The zero-order valence-corrected chi connectivity index (χ0v) is 14.0. The van der Waals surface area contributed by atoms with Gasteiger partial charge in [-0.05, 0) is 49.6 Å².